The number of halogens is 3. The summed E-state index contributed by atoms with van der Waals surface area (Å²) in [6.07, 6.45) is 4.29. The Morgan fingerprint density at radius 2 is 1.54 bits per heavy atom. The second-order valence-corrected chi connectivity index (χ2v) is 9.46. The number of alkyl halides is 3. The van der Waals surface area contributed by atoms with Crippen LogP contribution in [0.1, 0.15) is 57.8 Å². The Labute approximate surface area is 153 Å². The fourth-order valence-corrected chi connectivity index (χ4v) is 7.21. The third-order valence-electron chi connectivity index (χ3n) is 7.90. The highest BCUT2D eigenvalue weighted by Crippen LogP contribution is 2.69. The first kappa shape index (κ1) is 17.8. The standard InChI is InChI=1S/C19H26BF3O3/c20-16-3-1-2-13(9-16)19(24-10-17(21,22)23)18(25-26-19)14-5-11-4-12(7-14)8-15(18)6-11/h11-16H,1-10H2. The minimum Gasteiger partial charge on any atom is -0.335 e. The van der Waals surface area contributed by atoms with Gasteiger partial charge in [-0.05, 0) is 62.2 Å². The van der Waals surface area contributed by atoms with E-state index in [1.807, 2.05) is 0 Å². The summed E-state index contributed by atoms with van der Waals surface area (Å²) in [5.41, 5.74) is -0.701. The van der Waals surface area contributed by atoms with Crippen molar-refractivity contribution >= 4 is 7.85 Å². The first-order chi connectivity index (χ1) is 12.3. The summed E-state index contributed by atoms with van der Waals surface area (Å²) < 4.78 is 44.8. The lowest BCUT2D eigenvalue weighted by Gasteiger charge is -2.70. The largest absolute Gasteiger partial charge is 0.411 e. The summed E-state index contributed by atoms with van der Waals surface area (Å²) in [5.74, 6) is 0.488. The lowest BCUT2D eigenvalue weighted by atomic mass is 9.45. The van der Waals surface area contributed by atoms with E-state index >= 15 is 0 Å². The summed E-state index contributed by atoms with van der Waals surface area (Å²) in [6, 6.07) is 0. The average molecular weight is 370 g/mol. The van der Waals surface area contributed by atoms with Gasteiger partial charge in [0.2, 0.25) is 5.79 Å². The molecule has 3 nitrogen and oxygen atoms in total. The fraction of sp³-hybridized carbons (Fsp3) is 1.00. The zero-order valence-electron chi connectivity index (χ0n) is 15.0. The van der Waals surface area contributed by atoms with Crippen molar-refractivity contribution < 1.29 is 27.7 Å². The third-order valence-corrected chi connectivity index (χ3v) is 7.90. The normalized spacial score (nSPS) is 53.0. The van der Waals surface area contributed by atoms with Crippen LogP contribution >= 0.6 is 0 Å². The topological polar surface area (TPSA) is 27.7 Å². The zero-order valence-corrected chi connectivity index (χ0v) is 15.0. The SMILES string of the molecule is [B]C1CCCC(C2(OCC(F)(F)F)OOC23C2CC4CC(C2)CC3C4)C1. The van der Waals surface area contributed by atoms with Crippen molar-refractivity contribution in [1.82, 2.24) is 0 Å². The average Bonchev–Trinajstić information content (AvgIpc) is 2.52. The number of hydrogen-bond donors (Lipinski definition) is 0. The van der Waals surface area contributed by atoms with Crippen molar-refractivity contribution in [3.63, 3.8) is 0 Å². The van der Waals surface area contributed by atoms with Gasteiger partial charge in [0, 0.05) is 5.92 Å². The Kier molecular flexibility index (Phi) is 4.02. The van der Waals surface area contributed by atoms with Gasteiger partial charge in [-0.15, -0.1) is 0 Å². The number of ether oxygens (including phenoxy) is 1. The van der Waals surface area contributed by atoms with Crippen molar-refractivity contribution in [1.29, 1.82) is 0 Å². The van der Waals surface area contributed by atoms with Gasteiger partial charge in [-0.3, -0.25) is 0 Å². The first-order valence-corrected chi connectivity index (χ1v) is 10.2. The number of hydrogen-bond acceptors (Lipinski definition) is 3. The highest BCUT2D eigenvalue weighted by atomic mass is 19.4. The van der Waals surface area contributed by atoms with E-state index in [2.05, 4.69) is 0 Å². The molecule has 1 saturated heterocycles. The molecule has 26 heavy (non-hydrogen) atoms. The van der Waals surface area contributed by atoms with Crippen molar-refractivity contribution in [3.8, 4) is 0 Å². The fourth-order valence-electron chi connectivity index (χ4n) is 7.21. The van der Waals surface area contributed by atoms with Gasteiger partial charge in [0.15, 0.2) is 5.60 Å². The maximum absolute atomic E-state index is 13.1. The highest BCUT2D eigenvalue weighted by molar-refractivity contribution is 6.11. The Morgan fingerprint density at radius 1 is 0.885 bits per heavy atom. The van der Waals surface area contributed by atoms with Crippen LogP contribution in [0.15, 0.2) is 0 Å². The van der Waals surface area contributed by atoms with E-state index in [4.69, 9.17) is 22.4 Å². The minimum atomic E-state index is -4.38. The van der Waals surface area contributed by atoms with Crippen LogP contribution < -0.4 is 0 Å². The Bertz CT molecular complexity index is 541. The van der Waals surface area contributed by atoms with E-state index in [0.717, 1.165) is 44.9 Å². The van der Waals surface area contributed by atoms with Gasteiger partial charge in [-0.25, -0.2) is 4.89 Å². The number of rotatable bonds is 3. The van der Waals surface area contributed by atoms with Crippen LogP contribution in [0.5, 0.6) is 0 Å². The van der Waals surface area contributed by atoms with Crippen LogP contribution in [0.25, 0.3) is 0 Å². The van der Waals surface area contributed by atoms with Gasteiger partial charge in [-0.1, -0.05) is 25.1 Å². The smallest absolute Gasteiger partial charge is 0.335 e. The Hall–Kier alpha value is -0.265. The summed E-state index contributed by atoms with van der Waals surface area (Å²) in [7, 11) is 6.17. The van der Waals surface area contributed by atoms with Crippen molar-refractivity contribution in [2.24, 2.45) is 29.6 Å². The molecular formula is C19H26BF3O3. The van der Waals surface area contributed by atoms with E-state index in [-0.39, 0.29) is 23.6 Å². The molecule has 0 aromatic heterocycles. The van der Waals surface area contributed by atoms with Gasteiger partial charge < -0.3 is 4.74 Å². The molecular weight excluding hydrogens is 344 g/mol. The molecule has 7 heteroatoms. The molecule has 4 bridgehead atoms. The summed E-state index contributed by atoms with van der Waals surface area (Å²) >= 11 is 0. The van der Waals surface area contributed by atoms with Gasteiger partial charge in [0.1, 0.15) is 6.61 Å². The van der Waals surface area contributed by atoms with Crippen LogP contribution in [0.4, 0.5) is 13.2 Å². The van der Waals surface area contributed by atoms with Crippen LogP contribution in [0.2, 0.25) is 5.82 Å². The lowest BCUT2D eigenvalue weighted by molar-refractivity contribution is -0.651. The molecule has 0 aromatic rings. The predicted molar refractivity (Wildman–Crippen MR) is 88.1 cm³/mol. The van der Waals surface area contributed by atoms with Crippen LogP contribution in [-0.2, 0) is 14.5 Å². The summed E-state index contributed by atoms with van der Waals surface area (Å²) in [6.45, 7) is -1.28. The molecule has 0 N–H and O–H groups in total. The van der Waals surface area contributed by atoms with E-state index in [9.17, 15) is 13.2 Å². The molecule has 5 saturated carbocycles. The minimum absolute atomic E-state index is 0.00167. The van der Waals surface area contributed by atoms with Gasteiger partial charge >= 0.3 is 6.18 Å². The van der Waals surface area contributed by atoms with Crippen LogP contribution in [-0.4, -0.2) is 32.0 Å². The predicted octanol–water partition coefficient (Wildman–Crippen LogP) is 4.57. The molecule has 2 radical (unpaired) electrons. The van der Waals surface area contributed by atoms with Crippen molar-refractivity contribution in [2.75, 3.05) is 6.61 Å². The van der Waals surface area contributed by atoms with E-state index in [1.165, 1.54) is 6.42 Å². The maximum atomic E-state index is 13.1. The monoisotopic (exact) mass is 370 g/mol. The lowest BCUT2D eigenvalue weighted by Crippen LogP contribution is -2.81. The summed E-state index contributed by atoms with van der Waals surface area (Å²) in [4.78, 5) is 11.4. The van der Waals surface area contributed by atoms with Crippen LogP contribution in [0.3, 0.4) is 0 Å². The molecule has 1 heterocycles. The van der Waals surface area contributed by atoms with E-state index in [0.29, 0.717) is 18.3 Å². The van der Waals surface area contributed by atoms with Gasteiger partial charge in [0.25, 0.3) is 0 Å². The third kappa shape index (κ3) is 2.45. The molecule has 3 unspecified atom stereocenters. The van der Waals surface area contributed by atoms with Crippen molar-refractivity contribution in [2.45, 2.75) is 81.2 Å². The molecule has 6 rings (SSSR count). The zero-order chi connectivity index (χ0) is 18.2. The molecule has 6 fully saturated rings. The second kappa shape index (κ2) is 5.87. The van der Waals surface area contributed by atoms with Gasteiger partial charge in [-0.2, -0.15) is 18.1 Å². The molecule has 1 aliphatic heterocycles. The highest BCUT2D eigenvalue weighted by Gasteiger charge is 2.78. The summed E-state index contributed by atoms with van der Waals surface area (Å²) in [5, 5.41) is 0. The maximum Gasteiger partial charge on any atom is 0.411 e. The molecule has 5 aliphatic carbocycles. The molecule has 1 spiro atoms. The quantitative estimate of drug-likeness (QED) is 0.538. The van der Waals surface area contributed by atoms with Crippen LogP contribution in [0, 0.1) is 29.6 Å². The van der Waals surface area contributed by atoms with E-state index < -0.39 is 24.2 Å². The molecule has 3 atom stereocenters. The van der Waals surface area contributed by atoms with Gasteiger partial charge in [0.05, 0.1) is 7.85 Å². The molecule has 0 amide bonds. The Morgan fingerprint density at radius 3 is 2.04 bits per heavy atom. The molecule has 0 aromatic carbocycles. The molecule has 6 aliphatic rings. The Balaban J connectivity index is 1.50. The van der Waals surface area contributed by atoms with Crippen molar-refractivity contribution in [3.05, 3.63) is 0 Å². The van der Waals surface area contributed by atoms with E-state index in [1.54, 1.807) is 0 Å². The second-order valence-electron chi connectivity index (χ2n) is 9.46. The molecule has 144 valence electrons. The first-order valence-electron chi connectivity index (χ1n) is 10.2.